The van der Waals surface area contributed by atoms with E-state index in [4.69, 9.17) is 10.5 Å². The van der Waals surface area contributed by atoms with Crippen molar-refractivity contribution in [2.75, 3.05) is 13.2 Å². The summed E-state index contributed by atoms with van der Waals surface area (Å²) >= 11 is 0. The molecule has 0 fully saturated rings. The van der Waals surface area contributed by atoms with Crippen LogP contribution in [0, 0.1) is 0 Å². The summed E-state index contributed by atoms with van der Waals surface area (Å²) in [5.74, 6) is 0.281. The van der Waals surface area contributed by atoms with Gasteiger partial charge in [0.25, 0.3) is 0 Å². The van der Waals surface area contributed by atoms with Gasteiger partial charge in [-0.05, 0) is 13.0 Å². The standard InChI is InChI=1S/C9H12N2O2/c1-2-13-9-5-3-4-7(11-9)8(12)6-10/h3-5H,2,6,10H2,1H3. The van der Waals surface area contributed by atoms with Crippen molar-refractivity contribution in [3.05, 3.63) is 23.9 Å². The number of rotatable bonds is 4. The van der Waals surface area contributed by atoms with Crippen LogP contribution in [0.5, 0.6) is 5.88 Å². The number of aromatic nitrogens is 1. The van der Waals surface area contributed by atoms with E-state index in [0.29, 0.717) is 18.2 Å². The molecule has 4 nitrogen and oxygen atoms in total. The number of carbonyl (C=O) groups excluding carboxylic acids is 1. The fourth-order valence-electron chi connectivity index (χ4n) is 0.903. The summed E-state index contributed by atoms with van der Waals surface area (Å²) in [7, 11) is 0. The van der Waals surface area contributed by atoms with Crippen molar-refractivity contribution in [3.63, 3.8) is 0 Å². The Kier molecular flexibility index (Phi) is 3.40. The minimum absolute atomic E-state index is 0.0252. The van der Waals surface area contributed by atoms with E-state index in [1.165, 1.54) is 0 Å². The number of carbonyl (C=O) groups is 1. The maximum atomic E-state index is 11.1. The summed E-state index contributed by atoms with van der Waals surface area (Å²) in [6, 6.07) is 5.05. The maximum Gasteiger partial charge on any atom is 0.213 e. The van der Waals surface area contributed by atoms with Crippen LogP contribution >= 0.6 is 0 Å². The highest BCUT2D eigenvalue weighted by Gasteiger charge is 2.05. The highest BCUT2D eigenvalue weighted by Crippen LogP contribution is 2.07. The number of ether oxygens (including phenoxy) is 1. The van der Waals surface area contributed by atoms with Crippen molar-refractivity contribution in [3.8, 4) is 5.88 Å². The fraction of sp³-hybridized carbons (Fsp3) is 0.333. The first kappa shape index (κ1) is 9.67. The van der Waals surface area contributed by atoms with E-state index in [-0.39, 0.29) is 12.3 Å². The van der Waals surface area contributed by atoms with Crippen molar-refractivity contribution in [1.29, 1.82) is 0 Å². The first-order chi connectivity index (χ1) is 6.27. The first-order valence-electron chi connectivity index (χ1n) is 4.11. The normalized spacial score (nSPS) is 9.69. The Morgan fingerprint density at radius 3 is 3.00 bits per heavy atom. The summed E-state index contributed by atoms with van der Waals surface area (Å²) < 4.78 is 5.14. The Labute approximate surface area is 76.7 Å². The monoisotopic (exact) mass is 180 g/mol. The van der Waals surface area contributed by atoms with Crippen molar-refractivity contribution in [1.82, 2.24) is 4.98 Å². The molecule has 0 spiro atoms. The van der Waals surface area contributed by atoms with E-state index in [0.717, 1.165) is 0 Å². The van der Waals surface area contributed by atoms with Gasteiger partial charge in [0.15, 0.2) is 5.78 Å². The quantitative estimate of drug-likeness (QED) is 0.690. The average molecular weight is 180 g/mol. The number of hydrogen-bond acceptors (Lipinski definition) is 4. The molecule has 0 saturated heterocycles. The topological polar surface area (TPSA) is 65.2 Å². The smallest absolute Gasteiger partial charge is 0.213 e. The summed E-state index contributed by atoms with van der Waals surface area (Å²) in [6.07, 6.45) is 0. The van der Waals surface area contributed by atoms with Gasteiger partial charge in [-0.25, -0.2) is 4.98 Å². The van der Waals surface area contributed by atoms with Crippen molar-refractivity contribution < 1.29 is 9.53 Å². The van der Waals surface area contributed by atoms with E-state index in [2.05, 4.69) is 4.98 Å². The molecular formula is C9H12N2O2. The molecule has 2 N–H and O–H groups in total. The molecule has 0 atom stereocenters. The Morgan fingerprint density at radius 1 is 1.62 bits per heavy atom. The molecule has 0 bridgehead atoms. The molecule has 1 heterocycles. The zero-order valence-corrected chi connectivity index (χ0v) is 7.49. The second kappa shape index (κ2) is 4.57. The van der Waals surface area contributed by atoms with E-state index in [1.807, 2.05) is 6.92 Å². The molecule has 0 aliphatic rings. The van der Waals surface area contributed by atoms with Crippen LogP contribution in [-0.4, -0.2) is 23.9 Å². The molecular weight excluding hydrogens is 168 g/mol. The van der Waals surface area contributed by atoms with Crippen LogP contribution in [0.2, 0.25) is 0 Å². The lowest BCUT2D eigenvalue weighted by atomic mass is 10.2. The molecule has 0 amide bonds. The third-order valence-electron chi connectivity index (χ3n) is 1.49. The molecule has 0 aliphatic carbocycles. The molecule has 4 heteroatoms. The van der Waals surface area contributed by atoms with Crippen LogP contribution in [0.1, 0.15) is 17.4 Å². The molecule has 1 rings (SSSR count). The lowest BCUT2D eigenvalue weighted by Gasteiger charge is -2.02. The molecule has 1 aromatic heterocycles. The van der Waals surface area contributed by atoms with Crippen LogP contribution in [-0.2, 0) is 0 Å². The Hall–Kier alpha value is -1.42. The molecule has 1 aromatic rings. The zero-order chi connectivity index (χ0) is 9.68. The van der Waals surface area contributed by atoms with Crippen LogP contribution in [0.15, 0.2) is 18.2 Å². The highest BCUT2D eigenvalue weighted by atomic mass is 16.5. The summed E-state index contributed by atoms with van der Waals surface area (Å²) in [4.78, 5) is 15.1. The average Bonchev–Trinajstić information content (AvgIpc) is 2.18. The van der Waals surface area contributed by atoms with Gasteiger partial charge < -0.3 is 10.5 Å². The van der Waals surface area contributed by atoms with Gasteiger partial charge in [0, 0.05) is 6.07 Å². The second-order valence-electron chi connectivity index (χ2n) is 2.42. The predicted octanol–water partition coefficient (Wildman–Crippen LogP) is 0.622. The second-order valence-corrected chi connectivity index (χ2v) is 2.42. The van der Waals surface area contributed by atoms with Gasteiger partial charge in [0.1, 0.15) is 5.69 Å². The number of Topliss-reactive ketones (excluding diaryl/α,β-unsaturated/α-hetero) is 1. The maximum absolute atomic E-state index is 11.1. The van der Waals surface area contributed by atoms with Gasteiger partial charge in [-0.2, -0.15) is 0 Å². The van der Waals surface area contributed by atoms with Crippen LogP contribution < -0.4 is 10.5 Å². The molecule has 0 aromatic carbocycles. The number of nitrogens with zero attached hydrogens (tertiary/aromatic N) is 1. The molecule has 0 saturated carbocycles. The Morgan fingerprint density at radius 2 is 2.38 bits per heavy atom. The predicted molar refractivity (Wildman–Crippen MR) is 48.8 cm³/mol. The van der Waals surface area contributed by atoms with Crippen LogP contribution in [0.25, 0.3) is 0 Å². The van der Waals surface area contributed by atoms with E-state index < -0.39 is 0 Å². The molecule has 70 valence electrons. The minimum atomic E-state index is -0.179. The lowest BCUT2D eigenvalue weighted by Crippen LogP contribution is -2.15. The van der Waals surface area contributed by atoms with Crippen molar-refractivity contribution >= 4 is 5.78 Å². The fourth-order valence-corrected chi connectivity index (χ4v) is 0.903. The van der Waals surface area contributed by atoms with Gasteiger partial charge in [-0.15, -0.1) is 0 Å². The molecule has 0 radical (unpaired) electrons. The van der Waals surface area contributed by atoms with Crippen molar-refractivity contribution in [2.24, 2.45) is 5.73 Å². The first-order valence-corrected chi connectivity index (χ1v) is 4.11. The SMILES string of the molecule is CCOc1cccc(C(=O)CN)n1. The van der Waals surface area contributed by atoms with Gasteiger partial charge in [-0.3, -0.25) is 4.79 Å². The lowest BCUT2D eigenvalue weighted by molar-refractivity contribution is 0.0995. The Bertz CT molecular complexity index is 299. The Balaban J connectivity index is 2.85. The highest BCUT2D eigenvalue weighted by molar-refractivity contribution is 5.95. The number of hydrogen-bond donors (Lipinski definition) is 1. The summed E-state index contributed by atoms with van der Waals surface area (Å²) in [6.45, 7) is 2.37. The molecule has 0 unspecified atom stereocenters. The van der Waals surface area contributed by atoms with Crippen LogP contribution in [0.3, 0.4) is 0 Å². The van der Waals surface area contributed by atoms with Crippen LogP contribution in [0.4, 0.5) is 0 Å². The minimum Gasteiger partial charge on any atom is -0.478 e. The van der Waals surface area contributed by atoms with Gasteiger partial charge in [0.2, 0.25) is 5.88 Å². The van der Waals surface area contributed by atoms with E-state index >= 15 is 0 Å². The number of nitrogens with two attached hydrogens (primary N) is 1. The largest absolute Gasteiger partial charge is 0.478 e. The van der Waals surface area contributed by atoms with Gasteiger partial charge in [0.05, 0.1) is 13.2 Å². The zero-order valence-electron chi connectivity index (χ0n) is 7.49. The third kappa shape index (κ3) is 2.52. The third-order valence-corrected chi connectivity index (χ3v) is 1.49. The van der Waals surface area contributed by atoms with Gasteiger partial charge >= 0.3 is 0 Å². The summed E-state index contributed by atoms with van der Waals surface area (Å²) in [5.41, 5.74) is 5.55. The van der Waals surface area contributed by atoms with E-state index in [1.54, 1.807) is 18.2 Å². The van der Waals surface area contributed by atoms with Gasteiger partial charge in [-0.1, -0.05) is 6.07 Å². The molecule has 0 aliphatic heterocycles. The summed E-state index contributed by atoms with van der Waals surface area (Å²) in [5, 5.41) is 0. The number of pyridine rings is 1. The van der Waals surface area contributed by atoms with E-state index in [9.17, 15) is 4.79 Å². The molecule has 13 heavy (non-hydrogen) atoms. The number of ketones is 1. The van der Waals surface area contributed by atoms with Crippen molar-refractivity contribution in [2.45, 2.75) is 6.92 Å².